The Bertz CT molecular complexity index is 514. The molecular formula is C13H21ClN2O3S. The van der Waals surface area contributed by atoms with Crippen molar-refractivity contribution in [2.24, 2.45) is 0 Å². The zero-order chi connectivity index (χ0) is 13.7. The second-order valence-corrected chi connectivity index (χ2v) is 6.53. The lowest BCUT2D eigenvalue weighted by Crippen LogP contribution is -2.34. The number of nitrogens with zero attached hydrogens (tertiary/aromatic N) is 1. The van der Waals surface area contributed by atoms with E-state index in [0.29, 0.717) is 31.1 Å². The number of nitrogens with one attached hydrogen (secondary N) is 1. The molecule has 7 heteroatoms. The van der Waals surface area contributed by atoms with Crippen molar-refractivity contribution in [2.75, 3.05) is 33.3 Å². The van der Waals surface area contributed by atoms with Crippen molar-refractivity contribution in [3.8, 4) is 0 Å². The Kier molecular flexibility index (Phi) is 6.91. The Labute approximate surface area is 126 Å². The third-order valence-electron chi connectivity index (χ3n) is 3.15. The second kappa shape index (κ2) is 7.95. The highest BCUT2D eigenvalue weighted by Crippen LogP contribution is 2.18. The van der Waals surface area contributed by atoms with Crippen LogP contribution in [0.5, 0.6) is 0 Å². The summed E-state index contributed by atoms with van der Waals surface area (Å²) in [5, 5.41) is 3.21. The van der Waals surface area contributed by atoms with E-state index in [0.717, 1.165) is 18.5 Å². The number of hydrogen-bond acceptors (Lipinski definition) is 4. The number of methoxy groups -OCH3 is 1. The van der Waals surface area contributed by atoms with E-state index >= 15 is 0 Å². The van der Waals surface area contributed by atoms with Crippen LogP contribution in [0.3, 0.4) is 0 Å². The van der Waals surface area contributed by atoms with E-state index in [-0.39, 0.29) is 12.4 Å². The van der Waals surface area contributed by atoms with Crippen molar-refractivity contribution in [3.63, 3.8) is 0 Å². The monoisotopic (exact) mass is 320 g/mol. The molecule has 0 radical (unpaired) electrons. The van der Waals surface area contributed by atoms with Gasteiger partial charge in [0, 0.05) is 26.7 Å². The molecule has 0 unspecified atom stereocenters. The van der Waals surface area contributed by atoms with Crippen LogP contribution in [0, 0.1) is 0 Å². The highest BCUT2D eigenvalue weighted by molar-refractivity contribution is 7.89. The van der Waals surface area contributed by atoms with Gasteiger partial charge in [0.05, 0.1) is 11.5 Å². The predicted molar refractivity (Wildman–Crippen MR) is 80.6 cm³/mol. The number of halogens is 1. The van der Waals surface area contributed by atoms with Crippen LogP contribution in [-0.2, 0) is 21.4 Å². The predicted octanol–water partition coefficient (Wildman–Crippen LogP) is 1.24. The van der Waals surface area contributed by atoms with Gasteiger partial charge in [0.25, 0.3) is 0 Å². The normalized spacial score (nSPS) is 17.2. The van der Waals surface area contributed by atoms with E-state index in [1.807, 2.05) is 6.07 Å². The third-order valence-corrected chi connectivity index (χ3v) is 5.04. The van der Waals surface area contributed by atoms with Crippen LogP contribution in [0.2, 0.25) is 0 Å². The summed E-state index contributed by atoms with van der Waals surface area (Å²) in [6.07, 6.45) is 0.844. The summed E-state index contributed by atoms with van der Waals surface area (Å²) < 4.78 is 31.7. The maximum atomic E-state index is 12.6. The number of sulfonamides is 1. The van der Waals surface area contributed by atoms with Crippen LogP contribution in [0.25, 0.3) is 0 Å². The largest absolute Gasteiger partial charge is 0.380 e. The van der Waals surface area contributed by atoms with Crippen molar-refractivity contribution in [2.45, 2.75) is 17.9 Å². The van der Waals surface area contributed by atoms with Gasteiger partial charge >= 0.3 is 0 Å². The lowest BCUT2D eigenvalue weighted by Gasteiger charge is -2.19. The van der Waals surface area contributed by atoms with E-state index in [4.69, 9.17) is 4.74 Å². The summed E-state index contributed by atoms with van der Waals surface area (Å²) in [7, 11) is -1.79. The van der Waals surface area contributed by atoms with Crippen LogP contribution in [-0.4, -0.2) is 46.0 Å². The van der Waals surface area contributed by atoms with Crippen molar-refractivity contribution in [1.82, 2.24) is 9.62 Å². The smallest absolute Gasteiger partial charge is 0.243 e. The molecule has 0 atom stereocenters. The SMILES string of the molecule is COCc1cccc(S(=O)(=O)N2CCCNCC2)c1.Cl. The van der Waals surface area contributed by atoms with Gasteiger partial charge in [-0.1, -0.05) is 12.1 Å². The summed E-state index contributed by atoms with van der Waals surface area (Å²) in [6, 6.07) is 6.97. The molecule has 1 aliphatic rings. The highest BCUT2D eigenvalue weighted by Gasteiger charge is 2.24. The van der Waals surface area contributed by atoms with Gasteiger partial charge in [0.1, 0.15) is 0 Å². The zero-order valence-electron chi connectivity index (χ0n) is 11.5. The lowest BCUT2D eigenvalue weighted by atomic mass is 10.2. The molecule has 0 bridgehead atoms. The Morgan fingerprint density at radius 3 is 2.85 bits per heavy atom. The molecule has 20 heavy (non-hydrogen) atoms. The van der Waals surface area contributed by atoms with Crippen LogP contribution in [0.4, 0.5) is 0 Å². The van der Waals surface area contributed by atoms with Crippen LogP contribution >= 0.6 is 12.4 Å². The first kappa shape index (κ1) is 17.4. The molecule has 0 spiro atoms. The molecule has 1 aromatic carbocycles. The maximum Gasteiger partial charge on any atom is 0.243 e. The van der Waals surface area contributed by atoms with Gasteiger partial charge in [0.15, 0.2) is 0 Å². The van der Waals surface area contributed by atoms with Gasteiger partial charge in [-0.3, -0.25) is 0 Å². The molecule has 1 aliphatic heterocycles. The molecule has 1 heterocycles. The van der Waals surface area contributed by atoms with E-state index in [1.54, 1.807) is 29.6 Å². The third kappa shape index (κ3) is 4.17. The van der Waals surface area contributed by atoms with Crippen LogP contribution in [0.1, 0.15) is 12.0 Å². The maximum absolute atomic E-state index is 12.6. The van der Waals surface area contributed by atoms with Gasteiger partial charge < -0.3 is 10.1 Å². The molecule has 1 fully saturated rings. The van der Waals surface area contributed by atoms with Gasteiger partial charge in [0.2, 0.25) is 10.0 Å². The molecule has 0 aliphatic carbocycles. The topological polar surface area (TPSA) is 58.6 Å². The zero-order valence-corrected chi connectivity index (χ0v) is 13.2. The number of ether oxygens (including phenoxy) is 1. The standard InChI is InChI=1S/C13H20N2O3S.ClH/c1-18-11-12-4-2-5-13(10-12)19(16,17)15-8-3-6-14-7-9-15;/h2,4-5,10,14H,3,6-9,11H2,1H3;1H. The molecule has 2 rings (SSSR count). The Morgan fingerprint density at radius 2 is 2.10 bits per heavy atom. The summed E-state index contributed by atoms with van der Waals surface area (Å²) >= 11 is 0. The van der Waals surface area contributed by atoms with E-state index in [9.17, 15) is 8.42 Å². The fourth-order valence-electron chi connectivity index (χ4n) is 2.17. The minimum Gasteiger partial charge on any atom is -0.380 e. The highest BCUT2D eigenvalue weighted by atomic mass is 35.5. The Hall–Kier alpha value is -0.660. The van der Waals surface area contributed by atoms with Gasteiger partial charge in [-0.05, 0) is 30.7 Å². The summed E-state index contributed by atoms with van der Waals surface area (Å²) in [4.78, 5) is 0.351. The average molecular weight is 321 g/mol. The van der Waals surface area contributed by atoms with Gasteiger partial charge in [-0.25, -0.2) is 8.42 Å². The molecule has 1 aromatic rings. The molecule has 114 valence electrons. The fourth-order valence-corrected chi connectivity index (χ4v) is 3.72. The molecular weight excluding hydrogens is 300 g/mol. The first-order valence-electron chi connectivity index (χ1n) is 6.43. The van der Waals surface area contributed by atoms with Crippen molar-refractivity contribution in [1.29, 1.82) is 0 Å². The van der Waals surface area contributed by atoms with Crippen LogP contribution in [0.15, 0.2) is 29.2 Å². The lowest BCUT2D eigenvalue weighted by molar-refractivity contribution is 0.184. The minimum atomic E-state index is -3.39. The van der Waals surface area contributed by atoms with E-state index in [2.05, 4.69) is 5.32 Å². The average Bonchev–Trinajstić information content (AvgIpc) is 2.69. The molecule has 0 saturated carbocycles. The molecule has 5 nitrogen and oxygen atoms in total. The van der Waals surface area contributed by atoms with Crippen molar-refractivity contribution >= 4 is 22.4 Å². The number of hydrogen-bond donors (Lipinski definition) is 1. The first-order chi connectivity index (χ1) is 9.14. The van der Waals surface area contributed by atoms with Crippen LogP contribution < -0.4 is 5.32 Å². The Balaban J connectivity index is 0.00000200. The Morgan fingerprint density at radius 1 is 1.30 bits per heavy atom. The first-order valence-corrected chi connectivity index (χ1v) is 7.87. The summed E-state index contributed by atoms with van der Waals surface area (Å²) in [5.74, 6) is 0. The van der Waals surface area contributed by atoms with Crippen molar-refractivity contribution in [3.05, 3.63) is 29.8 Å². The van der Waals surface area contributed by atoms with E-state index in [1.165, 1.54) is 0 Å². The minimum absolute atomic E-state index is 0. The number of benzene rings is 1. The summed E-state index contributed by atoms with van der Waals surface area (Å²) in [6.45, 7) is 3.10. The molecule has 1 saturated heterocycles. The van der Waals surface area contributed by atoms with Crippen molar-refractivity contribution < 1.29 is 13.2 Å². The van der Waals surface area contributed by atoms with Gasteiger partial charge in [-0.15, -0.1) is 12.4 Å². The number of rotatable bonds is 4. The molecule has 0 aromatic heterocycles. The summed E-state index contributed by atoms with van der Waals surface area (Å²) in [5.41, 5.74) is 0.872. The fraction of sp³-hybridized carbons (Fsp3) is 0.538. The van der Waals surface area contributed by atoms with E-state index < -0.39 is 10.0 Å². The quantitative estimate of drug-likeness (QED) is 0.907. The van der Waals surface area contributed by atoms with Gasteiger partial charge in [-0.2, -0.15) is 4.31 Å². The molecule has 0 amide bonds. The molecule has 1 N–H and O–H groups in total. The second-order valence-electron chi connectivity index (χ2n) is 4.59.